The molecule has 2 aromatic heterocycles. The number of hydrogen-bond acceptors (Lipinski definition) is 4. The fourth-order valence-electron chi connectivity index (χ4n) is 1.47. The molecule has 0 atom stereocenters. The van der Waals surface area contributed by atoms with Crippen LogP contribution >= 0.6 is 11.3 Å². The van der Waals surface area contributed by atoms with Crippen LogP contribution in [0.1, 0.15) is 27.3 Å². The van der Waals surface area contributed by atoms with Gasteiger partial charge in [0.2, 0.25) is 0 Å². The number of rotatable bonds is 4. The Bertz CT molecular complexity index is 491. The number of aryl methyl sites for hydroxylation is 1. The first-order valence-electron chi connectivity index (χ1n) is 5.39. The molecule has 2 aromatic rings. The van der Waals surface area contributed by atoms with Crippen molar-refractivity contribution in [2.45, 2.75) is 19.9 Å². The van der Waals surface area contributed by atoms with E-state index in [-0.39, 0.29) is 5.91 Å². The van der Waals surface area contributed by atoms with Crippen LogP contribution in [-0.4, -0.2) is 33.0 Å². The molecule has 0 saturated carbocycles. The first kappa shape index (κ1) is 11.8. The van der Waals surface area contributed by atoms with E-state index < -0.39 is 0 Å². The molecule has 2 rings (SSSR count). The Morgan fingerprint density at radius 2 is 2.35 bits per heavy atom. The number of aromatic amines is 1. The molecule has 0 radical (unpaired) electrons. The Kier molecular flexibility index (Phi) is 3.53. The Balaban J connectivity index is 2.04. The number of aromatic nitrogens is 3. The molecule has 0 fully saturated rings. The summed E-state index contributed by atoms with van der Waals surface area (Å²) in [5.41, 5.74) is 0. The molecular formula is C11H14N4OS. The van der Waals surface area contributed by atoms with Gasteiger partial charge in [-0.1, -0.05) is 6.92 Å². The average molecular weight is 250 g/mol. The number of hydrogen-bond donors (Lipinski definition) is 1. The average Bonchev–Trinajstić information content (AvgIpc) is 2.98. The van der Waals surface area contributed by atoms with E-state index in [2.05, 4.69) is 22.1 Å². The zero-order valence-corrected chi connectivity index (χ0v) is 10.6. The topological polar surface area (TPSA) is 61.9 Å². The lowest BCUT2D eigenvalue weighted by Crippen LogP contribution is -2.25. The summed E-state index contributed by atoms with van der Waals surface area (Å²) in [6.07, 6.45) is 2.40. The van der Waals surface area contributed by atoms with Crippen molar-refractivity contribution in [3.8, 4) is 0 Å². The van der Waals surface area contributed by atoms with Crippen LogP contribution in [0.4, 0.5) is 0 Å². The fourth-order valence-corrected chi connectivity index (χ4v) is 2.42. The second-order valence-electron chi connectivity index (χ2n) is 3.71. The van der Waals surface area contributed by atoms with Gasteiger partial charge < -0.3 is 4.90 Å². The zero-order chi connectivity index (χ0) is 12.3. The largest absolute Gasteiger partial charge is 0.333 e. The zero-order valence-electron chi connectivity index (χ0n) is 9.80. The molecule has 1 N–H and O–H groups in total. The Morgan fingerprint density at radius 1 is 1.53 bits per heavy atom. The third-order valence-electron chi connectivity index (χ3n) is 2.42. The molecule has 6 heteroatoms. The third kappa shape index (κ3) is 2.71. The molecule has 0 aliphatic heterocycles. The first-order valence-corrected chi connectivity index (χ1v) is 6.20. The Hall–Kier alpha value is -1.69. The summed E-state index contributed by atoms with van der Waals surface area (Å²) in [6.45, 7) is 2.52. The summed E-state index contributed by atoms with van der Waals surface area (Å²) in [5, 5.41) is 6.49. The maximum atomic E-state index is 12.1. The summed E-state index contributed by atoms with van der Waals surface area (Å²) in [5.74, 6) is 0.708. The highest BCUT2D eigenvalue weighted by atomic mass is 32.1. The van der Waals surface area contributed by atoms with Gasteiger partial charge in [0.05, 0.1) is 11.4 Å². The predicted octanol–water partition coefficient (Wildman–Crippen LogP) is 1.70. The van der Waals surface area contributed by atoms with Crippen LogP contribution in [-0.2, 0) is 13.0 Å². The molecule has 0 saturated heterocycles. The molecule has 0 aromatic carbocycles. The fraction of sp³-hybridized carbons (Fsp3) is 0.364. The van der Waals surface area contributed by atoms with Crippen molar-refractivity contribution in [1.82, 2.24) is 20.1 Å². The Labute approximate surface area is 103 Å². The second-order valence-corrected chi connectivity index (χ2v) is 4.88. The SMILES string of the molecule is CCc1ccc(C(=O)N(C)Cc2ncn[nH]2)s1. The van der Waals surface area contributed by atoms with Crippen LogP contribution in [0.3, 0.4) is 0 Å². The summed E-state index contributed by atoms with van der Waals surface area (Å²) in [6, 6.07) is 3.88. The third-order valence-corrected chi connectivity index (χ3v) is 3.64. The summed E-state index contributed by atoms with van der Waals surface area (Å²) in [4.78, 5) is 19.7. The van der Waals surface area contributed by atoms with Crippen LogP contribution in [0, 0.1) is 0 Å². The summed E-state index contributed by atoms with van der Waals surface area (Å²) >= 11 is 1.54. The van der Waals surface area contributed by atoms with E-state index in [0.29, 0.717) is 12.4 Å². The standard InChI is InChI=1S/C11H14N4OS/c1-3-8-4-5-9(17-8)11(16)15(2)6-10-12-7-13-14-10/h4-5,7H,3,6H2,1-2H3,(H,12,13,14). The van der Waals surface area contributed by atoms with Crippen molar-refractivity contribution in [3.63, 3.8) is 0 Å². The lowest BCUT2D eigenvalue weighted by molar-refractivity contribution is 0.0786. The van der Waals surface area contributed by atoms with Crippen molar-refractivity contribution in [2.24, 2.45) is 0 Å². The first-order chi connectivity index (χ1) is 8.20. The molecule has 0 aliphatic rings. The van der Waals surface area contributed by atoms with Gasteiger partial charge in [-0.25, -0.2) is 4.98 Å². The molecule has 0 spiro atoms. The number of carbonyl (C=O) groups excluding carboxylic acids is 1. The molecule has 5 nitrogen and oxygen atoms in total. The number of thiophene rings is 1. The number of nitrogens with one attached hydrogen (secondary N) is 1. The lowest BCUT2D eigenvalue weighted by Gasteiger charge is -2.13. The van der Waals surface area contributed by atoms with E-state index in [9.17, 15) is 4.79 Å². The normalized spacial score (nSPS) is 10.5. The van der Waals surface area contributed by atoms with E-state index in [1.807, 2.05) is 12.1 Å². The maximum absolute atomic E-state index is 12.1. The highest BCUT2D eigenvalue weighted by Gasteiger charge is 2.14. The van der Waals surface area contributed by atoms with Gasteiger partial charge in [0.1, 0.15) is 12.2 Å². The van der Waals surface area contributed by atoms with Crippen LogP contribution in [0.15, 0.2) is 18.5 Å². The van der Waals surface area contributed by atoms with Crippen molar-refractivity contribution in [3.05, 3.63) is 34.0 Å². The summed E-state index contributed by atoms with van der Waals surface area (Å²) < 4.78 is 0. The van der Waals surface area contributed by atoms with Gasteiger partial charge in [-0.3, -0.25) is 9.89 Å². The Morgan fingerprint density at radius 3 is 2.94 bits per heavy atom. The van der Waals surface area contributed by atoms with E-state index in [1.165, 1.54) is 11.2 Å². The molecule has 2 heterocycles. The van der Waals surface area contributed by atoms with Crippen molar-refractivity contribution in [1.29, 1.82) is 0 Å². The highest BCUT2D eigenvalue weighted by molar-refractivity contribution is 7.14. The van der Waals surface area contributed by atoms with Crippen molar-refractivity contribution >= 4 is 17.2 Å². The maximum Gasteiger partial charge on any atom is 0.264 e. The molecule has 90 valence electrons. The highest BCUT2D eigenvalue weighted by Crippen LogP contribution is 2.18. The predicted molar refractivity (Wildman–Crippen MR) is 65.9 cm³/mol. The molecule has 1 amide bonds. The number of carbonyl (C=O) groups is 1. The smallest absolute Gasteiger partial charge is 0.264 e. The number of H-pyrrole nitrogens is 1. The van der Waals surface area contributed by atoms with Gasteiger partial charge in [-0.05, 0) is 18.6 Å². The number of amides is 1. The van der Waals surface area contributed by atoms with Gasteiger partial charge in [0, 0.05) is 11.9 Å². The van der Waals surface area contributed by atoms with Gasteiger partial charge in [0.25, 0.3) is 5.91 Å². The van der Waals surface area contributed by atoms with Crippen LogP contribution in [0.5, 0.6) is 0 Å². The van der Waals surface area contributed by atoms with E-state index in [1.54, 1.807) is 23.3 Å². The second kappa shape index (κ2) is 5.09. The van der Waals surface area contributed by atoms with E-state index in [0.717, 1.165) is 11.3 Å². The molecule has 0 bridgehead atoms. The van der Waals surface area contributed by atoms with Gasteiger partial charge in [0.15, 0.2) is 0 Å². The number of nitrogens with zero attached hydrogens (tertiary/aromatic N) is 3. The molecule has 0 unspecified atom stereocenters. The minimum atomic E-state index is 0.0195. The van der Waals surface area contributed by atoms with Gasteiger partial charge in [-0.2, -0.15) is 5.10 Å². The van der Waals surface area contributed by atoms with Gasteiger partial charge >= 0.3 is 0 Å². The van der Waals surface area contributed by atoms with E-state index in [4.69, 9.17) is 0 Å². The summed E-state index contributed by atoms with van der Waals surface area (Å²) in [7, 11) is 1.76. The van der Waals surface area contributed by atoms with Crippen LogP contribution in [0.2, 0.25) is 0 Å². The van der Waals surface area contributed by atoms with Crippen molar-refractivity contribution in [2.75, 3.05) is 7.05 Å². The quantitative estimate of drug-likeness (QED) is 0.898. The van der Waals surface area contributed by atoms with Crippen LogP contribution in [0.25, 0.3) is 0 Å². The lowest BCUT2D eigenvalue weighted by atomic mass is 10.3. The van der Waals surface area contributed by atoms with E-state index >= 15 is 0 Å². The van der Waals surface area contributed by atoms with Crippen molar-refractivity contribution < 1.29 is 4.79 Å². The minimum Gasteiger partial charge on any atom is -0.333 e. The molecule has 17 heavy (non-hydrogen) atoms. The monoisotopic (exact) mass is 250 g/mol. The molecular weight excluding hydrogens is 236 g/mol. The van der Waals surface area contributed by atoms with Gasteiger partial charge in [-0.15, -0.1) is 11.3 Å². The minimum absolute atomic E-state index is 0.0195. The molecule has 0 aliphatic carbocycles. The van der Waals surface area contributed by atoms with Crippen LogP contribution < -0.4 is 0 Å².